The lowest BCUT2D eigenvalue weighted by Gasteiger charge is -2.38. The van der Waals surface area contributed by atoms with E-state index < -0.39 is 0 Å². The summed E-state index contributed by atoms with van der Waals surface area (Å²) in [5.41, 5.74) is 0.0372. The molecule has 1 unspecified atom stereocenters. The van der Waals surface area contributed by atoms with Crippen LogP contribution in [-0.2, 0) is 4.79 Å². The maximum Gasteiger partial charge on any atom is 0.324 e. The smallest absolute Gasteiger partial charge is 0.324 e. The molecule has 19 heavy (non-hydrogen) atoms. The number of hydrogen-bond donors (Lipinski definition) is 2. The van der Waals surface area contributed by atoms with Crippen LogP contribution in [0.2, 0.25) is 0 Å². The summed E-state index contributed by atoms with van der Waals surface area (Å²) >= 11 is 4.48. The number of nitrogens with zero attached hydrogens (tertiary/aromatic N) is 1. The van der Waals surface area contributed by atoms with Gasteiger partial charge in [0.15, 0.2) is 0 Å². The average Bonchev–Trinajstić information content (AvgIpc) is 2.68. The van der Waals surface area contributed by atoms with Crippen molar-refractivity contribution in [3.05, 3.63) is 0 Å². The van der Waals surface area contributed by atoms with Crippen LogP contribution in [0, 0.1) is 5.41 Å². The predicted molar refractivity (Wildman–Crippen MR) is 78.3 cm³/mol. The summed E-state index contributed by atoms with van der Waals surface area (Å²) in [5.74, 6) is 0.710. The number of urea groups is 1. The molecule has 0 spiro atoms. The molecule has 1 saturated heterocycles. The van der Waals surface area contributed by atoms with Crippen LogP contribution in [0.25, 0.3) is 0 Å². The molecular weight excluding hydrogens is 260 g/mol. The van der Waals surface area contributed by atoms with E-state index in [9.17, 15) is 9.59 Å². The lowest BCUT2D eigenvalue weighted by molar-refractivity contribution is -0.128. The Labute approximate surface area is 120 Å². The van der Waals surface area contributed by atoms with Gasteiger partial charge in [-0.2, -0.15) is 12.6 Å². The Morgan fingerprint density at radius 3 is 2.58 bits per heavy atom. The summed E-state index contributed by atoms with van der Waals surface area (Å²) in [5, 5.41) is 2.80. The first kappa shape index (κ1) is 14.7. The normalized spacial score (nSPS) is 26.6. The van der Waals surface area contributed by atoms with Gasteiger partial charge in [-0.15, -0.1) is 0 Å². The molecule has 4 nitrogen and oxygen atoms in total. The first-order valence-electron chi connectivity index (χ1n) is 7.34. The Kier molecular flexibility index (Phi) is 4.76. The van der Waals surface area contributed by atoms with E-state index in [1.165, 1.54) is 24.2 Å². The monoisotopic (exact) mass is 284 g/mol. The zero-order valence-electron chi connectivity index (χ0n) is 11.7. The number of carbonyl (C=O) groups is 2. The van der Waals surface area contributed by atoms with Gasteiger partial charge in [-0.25, -0.2) is 4.79 Å². The fraction of sp³-hybridized carbons (Fsp3) is 0.857. The molecule has 0 aromatic rings. The Balaban J connectivity index is 2.04. The van der Waals surface area contributed by atoms with Crippen molar-refractivity contribution in [3.8, 4) is 0 Å². The van der Waals surface area contributed by atoms with Crippen LogP contribution in [-0.4, -0.2) is 35.2 Å². The van der Waals surface area contributed by atoms with Gasteiger partial charge in [-0.05, 0) is 30.4 Å². The Morgan fingerprint density at radius 2 is 2.00 bits per heavy atom. The van der Waals surface area contributed by atoms with Crippen molar-refractivity contribution in [2.75, 3.05) is 12.3 Å². The zero-order valence-corrected chi connectivity index (χ0v) is 12.5. The second-order valence-electron chi connectivity index (χ2n) is 5.93. The van der Waals surface area contributed by atoms with E-state index >= 15 is 0 Å². The molecule has 2 fully saturated rings. The highest BCUT2D eigenvalue weighted by atomic mass is 32.1. The van der Waals surface area contributed by atoms with E-state index in [-0.39, 0.29) is 23.4 Å². The summed E-state index contributed by atoms with van der Waals surface area (Å²) in [6.45, 7) is 2.57. The van der Waals surface area contributed by atoms with Crippen molar-refractivity contribution in [2.45, 2.75) is 57.9 Å². The highest BCUT2D eigenvalue weighted by Crippen LogP contribution is 2.38. The predicted octanol–water partition coefficient (Wildman–Crippen LogP) is 2.59. The maximum atomic E-state index is 12.3. The molecule has 108 valence electrons. The molecule has 1 heterocycles. The molecular formula is C14H24N2O2S. The van der Waals surface area contributed by atoms with Gasteiger partial charge in [0, 0.05) is 6.54 Å². The molecule has 1 atom stereocenters. The molecule has 1 N–H and O–H groups in total. The van der Waals surface area contributed by atoms with Crippen LogP contribution in [0.5, 0.6) is 0 Å². The molecule has 0 radical (unpaired) electrons. The van der Waals surface area contributed by atoms with Gasteiger partial charge in [-0.1, -0.05) is 32.6 Å². The van der Waals surface area contributed by atoms with Gasteiger partial charge in [-0.3, -0.25) is 9.69 Å². The maximum absolute atomic E-state index is 12.3. The minimum atomic E-state index is -0.307. The van der Waals surface area contributed by atoms with Gasteiger partial charge in [0.05, 0.1) is 0 Å². The van der Waals surface area contributed by atoms with Crippen molar-refractivity contribution in [1.29, 1.82) is 0 Å². The number of amides is 3. The fourth-order valence-electron chi connectivity index (χ4n) is 3.21. The molecule has 1 aliphatic carbocycles. The SMILES string of the molecule is CCCC1NC(=O)N(CC2(CS)CCCCC2)C1=O. The number of nitrogens with one attached hydrogen (secondary N) is 1. The average molecular weight is 284 g/mol. The number of thiol groups is 1. The van der Waals surface area contributed by atoms with E-state index in [4.69, 9.17) is 0 Å². The minimum Gasteiger partial charge on any atom is -0.326 e. The summed E-state index contributed by atoms with van der Waals surface area (Å²) in [7, 11) is 0. The Morgan fingerprint density at radius 1 is 1.32 bits per heavy atom. The fourth-order valence-corrected chi connectivity index (χ4v) is 3.63. The van der Waals surface area contributed by atoms with Crippen molar-refractivity contribution < 1.29 is 9.59 Å². The summed E-state index contributed by atoms with van der Waals surface area (Å²) in [6.07, 6.45) is 7.41. The Hall–Kier alpha value is -0.710. The van der Waals surface area contributed by atoms with Gasteiger partial charge in [0.25, 0.3) is 5.91 Å². The third kappa shape index (κ3) is 3.07. The van der Waals surface area contributed by atoms with E-state index in [0.29, 0.717) is 6.54 Å². The van der Waals surface area contributed by atoms with Crippen LogP contribution in [0.1, 0.15) is 51.9 Å². The molecule has 3 amide bonds. The van der Waals surface area contributed by atoms with Gasteiger partial charge >= 0.3 is 6.03 Å². The molecule has 5 heteroatoms. The highest BCUT2D eigenvalue weighted by molar-refractivity contribution is 7.80. The van der Waals surface area contributed by atoms with E-state index in [1.807, 2.05) is 6.92 Å². The number of hydrogen-bond acceptors (Lipinski definition) is 3. The molecule has 2 rings (SSSR count). The third-order valence-electron chi connectivity index (χ3n) is 4.43. The van der Waals surface area contributed by atoms with Crippen molar-refractivity contribution in [1.82, 2.24) is 10.2 Å². The largest absolute Gasteiger partial charge is 0.326 e. The quantitative estimate of drug-likeness (QED) is 0.602. The molecule has 1 aliphatic heterocycles. The number of rotatable bonds is 5. The lowest BCUT2D eigenvalue weighted by atomic mass is 9.75. The van der Waals surface area contributed by atoms with E-state index in [2.05, 4.69) is 17.9 Å². The van der Waals surface area contributed by atoms with Crippen LogP contribution in [0.4, 0.5) is 4.79 Å². The van der Waals surface area contributed by atoms with Crippen LogP contribution in [0.15, 0.2) is 0 Å². The first-order valence-corrected chi connectivity index (χ1v) is 7.98. The third-order valence-corrected chi connectivity index (χ3v) is 5.10. The molecule has 0 aromatic carbocycles. The zero-order chi connectivity index (χ0) is 13.9. The minimum absolute atomic E-state index is 0.0372. The van der Waals surface area contributed by atoms with Crippen molar-refractivity contribution in [2.24, 2.45) is 5.41 Å². The number of imide groups is 1. The molecule has 0 aromatic heterocycles. The highest BCUT2D eigenvalue weighted by Gasteiger charge is 2.42. The van der Waals surface area contributed by atoms with E-state index in [1.54, 1.807) is 0 Å². The van der Waals surface area contributed by atoms with Gasteiger partial charge in [0.1, 0.15) is 6.04 Å². The van der Waals surface area contributed by atoms with E-state index in [0.717, 1.165) is 31.4 Å². The summed E-state index contributed by atoms with van der Waals surface area (Å²) < 4.78 is 0. The van der Waals surface area contributed by atoms with Crippen molar-refractivity contribution in [3.63, 3.8) is 0 Å². The second-order valence-corrected chi connectivity index (χ2v) is 6.25. The molecule has 0 bridgehead atoms. The lowest BCUT2D eigenvalue weighted by Crippen LogP contribution is -2.44. The molecule has 2 aliphatic rings. The van der Waals surface area contributed by atoms with Crippen LogP contribution < -0.4 is 5.32 Å². The number of carbonyl (C=O) groups excluding carboxylic acids is 2. The molecule has 1 saturated carbocycles. The summed E-state index contributed by atoms with van der Waals surface area (Å²) in [6, 6.07) is -0.520. The van der Waals surface area contributed by atoms with Crippen LogP contribution >= 0.6 is 12.6 Å². The van der Waals surface area contributed by atoms with Gasteiger partial charge in [0.2, 0.25) is 0 Å². The Bertz CT molecular complexity index is 353. The first-order chi connectivity index (χ1) is 9.12. The summed E-state index contributed by atoms with van der Waals surface area (Å²) in [4.78, 5) is 25.7. The second kappa shape index (κ2) is 6.16. The van der Waals surface area contributed by atoms with Crippen molar-refractivity contribution >= 4 is 24.6 Å². The van der Waals surface area contributed by atoms with Gasteiger partial charge < -0.3 is 5.32 Å². The standard InChI is InChI=1S/C14H24N2O2S/c1-2-6-11-12(17)16(13(18)15-11)9-14(10-19)7-4-3-5-8-14/h11,19H,2-10H2,1H3,(H,15,18). The topological polar surface area (TPSA) is 49.4 Å². The van der Waals surface area contributed by atoms with Crippen LogP contribution in [0.3, 0.4) is 0 Å².